The summed E-state index contributed by atoms with van der Waals surface area (Å²) in [6.07, 6.45) is 2.39. The van der Waals surface area contributed by atoms with Gasteiger partial charge in [0.05, 0.1) is 32.4 Å². The van der Waals surface area contributed by atoms with Crippen LogP contribution in [0.1, 0.15) is 45.2 Å². The van der Waals surface area contributed by atoms with Crippen LogP contribution in [0.25, 0.3) is 0 Å². The monoisotopic (exact) mass is 491 g/mol. The summed E-state index contributed by atoms with van der Waals surface area (Å²) in [5, 5.41) is 6.60. The molecule has 1 aromatic rings. The number of hydrogen-bond donors (Lipinski definition) is 2. The Morgan fingerprint density at radius 3 is 2.70 bits per heavy atom. The lowest BCUT2D eigenvalue weighted by Crippen LogP contribution is -2.44. The summed E-state index contributed by atoms with van der Waals surface area (Å²) in [6.45, 7) is 9.79. The molecule has 1 saturated carbocycles. The second kappa shape index (κ2) is 9.91. The summed E-state index contributed by atoms with van der Waals surface area (Å²) in [7, 11) is 0. The molecule has 0 amide bonds. The van der Waals surface area contributed by atoms with Gasteiger partial charge in [-0.2, -0.15) is 0 Å². The van der Waals surface area contributed by atoms with Gasteiger partial charge in [0.2, 0.25) is 0 Å². The van der Waals surface area contributed by atoms with Crippen LogP contribution in [-0.4, -0.2) is 38.9 Å². The van der Waals surface area contributed by atoms with Gasteiger partial charge in [0.1, 0.15) is 0 Å². The summed E-state index contributed by atoms with van der Waals surface area (Å²) in [5.74, 6) is 1.38. The van der Waals surface area contributed by atoms with Gasteiger partial charge in [-0.15, -0.1) is 24.0 Å². The molecule has 152 valence electrons. The second-order valence-corrected chi connectivity index (χ2v) is 7.81. The smallest absolute Gasteiger partial charge is 0.191 e. The standard InChI is InChI=1S/C20H30FN3O2.HI/c1-4-22-19(23-11-20(3)12-25-13-20)24-14(2)16-7-8-18(17(21)9-16)26-10-15-5-6-15;/h7-9,14-15H,4-6,10-13H2,1-3H3,(H2,22,23,24);1H. The minimum Gasteiger partial charge on any atom is -0.490 e. The Hall–Kier alpha value is -1.09. The van der Waals surface area contributed by atoms with Crippen molar-refractivity contribution in [2.45, 2.75) is 39.7 Å². The van der Waals surface area contributed by atoms with Crippen molar-refractivity contribution in [3.8, 4) is 5.75 Å². The maximum absolute atomic E-state index is 14.3. The average Bonchev–Trinajstić information content (AvgIpc) is 3.41. The van der Waals surface area contributed by atoms with E-state index in [1.807, 2.05) is 19.9 Å². The molecule has 0 bridgehead atoms. The molecule has 0 spiro atoms. The van der Waals surface area contributed by atoms with Gasteiger partial charge in [0, 0.05) is 12.0 Å². The Bertz CT molecular complexity index is 648. The molecule has 2 fully saturated rings. The number of halogens is 2. The maximum Gasteiger partial charge on any atom is 0.191 e. The van der Waals surface area contributed by atoms with Gasteiger partial charge in [-0.3, -0.25) is 4.99 Å². The number of rotatable bonds is 8. The van der Waals surface area contributed by atoms with E-state index in [1.165, 1.54) is 12.8 Å². The predicted octanol–water partition coefficient (Wildman–Crippen LogP) is 3.89. The van der Waals surface area contributed by atoms with E-state index in [0.717, 1.165) is 31.3 Å². The molecule has 3 rings (SSSR count). The third-order valence-corrected chi connectivity index (χ3v) is 4.84. The Morgan fingerprint density at radius 1 is 1.41 bits per heavy atom. The number of nitrogens with zero attached hydrogens (tertiary/aromatic N) is 1. The topological polar surface area (TPSA) is 54.9 Å². The zero-order chi connectivity index (χ0) is 18.6. The minimum absolute atomic E-state index is 0. The van der Waals surface area contributed by atoms with Crippen LogP contribution in [0.3, 0.4) is 0 Å². The highest BCUT2D eigenvalue weighted by atomic mass is 127. The molecule has 0 radical (unpaired) electrons. The summed E-state index contributed by atoms with van der Waals surface area (Å²) >= 11 is 0. The molecule has 1 heterocycles. The lowest BCUT2D eigenvalue weighted by molar-refractivity contribution is -0.0945. The van der Waals surface area contributed by atoms with Gasteiger partial charge in [0.15, 0.2) is 17.5 Å². The van der Waals surface area contributed by atoms with Crippen LogP contribution < -0.4 is 15.4 Å². The van der Waals surface area contributed by atoms with Crippen LogP contribution in [0.4, 0.5) is 4.39 Å². The largest absolute Gasteiger partial charge is 0.490 e. The van der Waals surface area contributed by atoms with Crippen LogP contribution in [0.15, 0.2) is 23.2 Å². The summed E-state index contributed by atoms with van der Waals surface area (Å²) in [5.41, 5.74) is 0.989. The van der Waals surface area contributed by atoms with Gasteiger partial charge in [-0.1, -0.05) is 13.0 Å². The quantitative estimate of drug-likeness (QED) is 0.329. The summed E-state index contributed by atoms with van der Waals surface area (Å²) in [6, 6.07) is 5.12. The number of aliphatic imine (C=N–C) groups is 1. The predicted molar refractivity (Wildman–Crippen MR) is 116 cm³/mol. The Labute approximate surface area is 178 Å². The van der Waals surface area contributed by atoms with Gasteiger partial charge in [0.25, 0.3) is 0 Å². The highest BCUT2D eigenvalue weighted by Crippen LogP contribution is 2.31. The van der Waals surface area contributed by atoms with Crippen LogP contribution in [-0.2, 0) is 4.74 Å². The third kappa shape index (κ3) is 6.48. The zero-order valence-electron chi connectivity index (χ0n) is 16.4. The van der Waals surface area contributed by atoms with Crippen LogP contribution in [0.5, 0.6) is 5.75 Å². The van der Waals surface area contributed by atoms with E-state index in [9.17, 15) is 4.39 Å². The van der Waals surface area contributed by atoms with Gasteiger partial charge < -0.3 is 20.1 Å². The minimum atomic E-state index is -0.308. The van der Waals surface area contributed by atoms with Crippen molar-refractivity contribution in [3.63, 3.8) is 0 Å². The summed E-state index contributed by atoms with van der Waals surface area (Å²) < 4.78 is 25.2. The maximum atomic E-state index is 14.3. The first kappa shape index (κ1) is 22.2. The van der Waals surface area contributed by atoms with Crippen LogP contribution in [0, 0.1) is 17.2 Å². The van der Waals surface area contributed by atoms with Crippen molar-refractivity contribution in [3.05, 3.63) is 29.6 Å². The third-order valence-electron chi connectivity index (χ3n) is 4.84. The molecule has 1 atom stereocenters. The Kier molecular flexibility index (Phi) is 8.15. The van der Waals surface area contributed by atoms with Crippen LogP contribution in [0.2, 0.25) is 0 Å². The highest BCUT2D eigenvalue weighted by Gasteiger charge is 2.33. The average molecular weight is 491 g/mol. The molecule has 1 unspecified atom stereocenters. The zero-order valence-corrected chi connectivity index (χ0v) is 18.7. The van der Waals surface area contributed by atoms with Crippen molar-refractivity contribution >= 4 is 29.9 Å². The molecule has 2 N–H and O–H groups in total. The molecule has 1 aliphatic heterocycles. The number of benzene rings is 1. The van der Waals surface area contributed by atoms with Gasteiger partial charge in [-0.25, -0.2) is 4.39 Å². The normalized spacial score (nSPS) is 19.5. The van der Waals surface area contributed by atoms with E-state index >= 15 is 0 Å². The second-order valence-electron chi connectivity index (χ2n) is 7.81. The SMILES string of the molecule is CCNC(=NCC1(C)COC1)NC(C)c1ccc(OCC2CC2)c(F)c1.I. The molecule has 7 heteroatoms. The van der Waals surface area contributed by atoms with Crippen molar-refractivity contribution < 1.29 is 13.9 Å². The first-order valence-corrected chi connectivity index (χ1v) is 9.54. The van der Waals surface area contributed by atoms with Gasteiger partial charge >= 0.3 is 0 Å². The Morgan fingerprint density at radius 2 is 2.15 bits per heavy atom. The van der Waals surface area contributed by atoms with E-state index < -0.39 is 0 Å². The Balaban J connectivity index is 0.00000261. The lowest BCUT2D eigenvalue weighted by atomic mass is 9.89. The van der Waals surface area contributed by atoms with Crippen molar-refractivity contribution in [2.24, 2.45) is 16.3 Å². The van der Waals surface area contributed by atoms with Crippen LogP contribution >= 0.6 is 24.0 Å². The fraction of sp³-hybridized carbons (Fsp3) is 0.650. The molecular formula is C20H31FIN3O2. The molecule has 0 aromatic heterocycles. The number of guanidine groups is 1. The molecule has 1 aliphatic carbocycles. The van der Waals surface area contributed by atoms with E-state index in [2.05, 4.69) is 22.5 Å². The fourth-order valence-corrected chi connectivity index (χ4v) is 2.82. The number of hydrogen-bond acceptors (Lipinski definition) is 3. The molecule has 5 nitrogen and oxygen atoms in total. The molecule has 1 aromatic carbocycles. The van der Waals surface area contributed by atoms with Crippen molar-refractivity contribution in [1.82, 2.24) is 10.6 Å². The van der Waals surface area contributed by atoms with E-state index in [0.29, 0.717) is 24.8 Å². The van der Waals surface area contributed by atoms with E-state index in [-0.39, 0.29) is 41.3 Å². The molecule has 27 heavy (non-hydrogen) atoms. The number of ether oxygens (including phenoxy) is 2. The number of nitrogens with one attached hydrogen (secondary N) is 2. The lowest BCUT2D eigenvalue weighted by Gasteiger charge is -2.36. The van der Waals surface area contributed by atoms with Crippen molar-refractivity contribution in [2.75, 3.05) is 32.9 Å². The fourth-order valence-electron chi connectivity index (χ4n) is 2.82. The van der Waals surface area contributed by atoms with Crippen molar-refractivity contribution in [1.29, 1.82) is 0 Å². The molecule has 2 aliphatic rings. The van der Waals surface area contributed by atoms with E-state index in [1.54, 1.807) is 12.1 Å². The first-order chi connectivity index (χ1) is 12.5. The summed E-state index contributed by atoms with van der Waals surface area (Å²) in [4.78, 5) is 4.66. The van der Waals surface area contributed by atoms with Gasteiger partial charge in [-0.05, 0) is 50.3 Å². The highest BCUT2D eigenvalue weighted by molar-refractivity contribution is 14.0. The molecule has 1 saturated heterocycles. The first-order valence-electron chi connectivity index (χ1n) is 9.54. The molecular weight excluding hydrogens is 460 g/mol. The van der Waals surface area contributed by atoms with E-state index in [4.69, 9.17) is 9.47 Å².